The molecule has 3 rings (SSSR count). The number of rotatable bonds is 4. The molecule has 0 bridgehead atoms. The van der Waals surface area contributed by atoms with Gasteiger partial charge in [0.2, 0.25) is 0 Å². The normalized spacial score (nSPS) is 11.4. The molecule has 5 heteroatoms. The monoisotopic (exact) mass is 316 g/mol. The van der Waals surface area contributed by atoms with E-state index in [9.17, 15) is 4.79 Å². The zero-order valence-electron chi connectivity index (χ0n) is 11.9. The van der Waals surface area contributed by atoms with Gasteiger partial charge in [0.15, 0.2) is 5.16 Å². The SMILES string of the molecule is CC(C)CSc1nc2scc(-c3ccccc3)c2c(=O)[nH]1. The van der Waals surface area contributed by atoms with Crippen molar-refractivity contribution >= 4 is 33.3 Å². The van der Waals surface area contributed by atoms with E-state index in [2.05, 4.69) is 23.8 Å². The summed E-state index contributed by atoms with van der Waals surface area (Å²) in [6.45, 7) is 4.31. The summed E-state index contributed by atoms with van der Waals surface area (Å²) in [7, 11) is 0. The van der Waals surface area contributed by atoms with Gasteiger partial charge in [0.25, 0.3) is 5.56 Å². The van der Waals surface area contributed by atoms with Crippen molar-refractivity contribution in [3.05, 3.63) is 46.1 Å². The van der Waals surface area contributed by atoms with Crippen LogP contribution in [0.25, 0.3) is 21.3 Å². The first-order chi connectivity index (χ1) is 10.1. The zero-order chi connectivity index (χ0) is 14.8. The van der Waals surface area contributed by atoms with Crippen LogP contribution >= 0.6 is 23.1 Å². The van der Waals surface area contributed by atoms with Crippen LogP contribution < -0.4 is 5.56 Å². The molecule has 0 aliphatic carbocycles. The number of thioether (sulfide) groups is 1. The van der Waals surface area contributed by atoms with E-state index in [1.807, 2.05) is 35.7 Å². The van der Waals surface area contributed by atoms with Crippen LogP contribution in [-0.4, -0.2) is 15.7 Å². The topological polar surface area (TPSA) is 45.8 Å². The highest BCUT2D eigenvalue weighted by molar-refractivity contribution is 7.99. The molecule has 0 atom stereocenters. The van der Waals surface area contributed by atoms with Crippen molar-refractivity contribution < 1.29 is 0 Å². The van der Waals surface area contributed by atoms with Gasteiger partial charge in [-0.3, -0.25) is 4.79 Å². The fraction of sp³-hybridized carbons (Fsp3) is 0.250. The quantitative estimate of drug-likeness (QED) is 0.573. The number of nitrogens with one attached hydrogen (secondary N) is 1. The molecule has 21 heavy (non-hydrogen) atoms. The predicted molar refractivity (Wildman–Crippen MR) is 91.2 cm³/mol. The maximum Gasteiger partial charge on any atom is 0.260 e. The molecule has 2 aromatic heterocycles. The second-order valence-corrected chi connectivity index (χ2v) is 7.14. The first-order valence-electron chi connectivity index (χ1n) is 6.85. The number of fused-ring (bicyclic) bond motifs is 1. The van der Waals surface area contributed by atoms with Gasteiger partial charge in [0, 0.05) is 16.7 Å². The van der Waals surface area contributed by atoms with Crippen LogP contribution in [0.2, 0.25) is 0 Å². The van der Waals surface area contributed by atoms with Crippen molar-refractivity contribution in [1.82, 2.24) is 9.97 Å². The van der Waals surface area contributed by atoms with Gasteiger partial charge in [0.1, 0.15) is 4.83 Å². The predicted octanol–water partition coefficient (Wildman–Crippen LogP) is 4.40. The lowest BCUT2D eigenvalue weighted by atomic mass is 10.1. The third-order valence-corrected chi connectivity index (χ3v) is 5.23. The molecule has 108 valence electrons. The summed E-state index contributed by atoms with van der Waals surface area (Å²) >= 11 is 3.13. The number of aromatic nitrogens is 2. The van der Waals surface area contributed by atoms with Crippen LogP contribution in [0.3, 0.4) is 0 Å². The highest BCUT2D eigenvalue weighted by atomic mass is 32.2. The van der Waals surface area contributed by atoms with Crippen molar-refractivity contribution in [3.8, 4) is 11.1 Å². The van der Waals surface area contributed by atoms with Crippen molar-refractivity contribution in [2.75, 3.05) is 5.75 Å². The third-order valence-electron chi connectivity index (χ3n) is 3.06. The van der Waals surface area contributed by atoms with Crippen molar-refractivity contribution in [2.24, 2.45) is 5.92 Å². The van der Waals surface area contributed by atoms with E-state index in [1.165, 1.54) is 11.3 Å². The Morgan fingerprint density at radius 2 is 2.05 bits per heavy atom. The number of benzene rings is 1. The van der Waals surface area contributed by atoms with E-state index < -0.39 is 0 Å². The summed E-state index contributed by atoms with van der Waals surface area (Å²) in [6.07, 6.45) is 0. The molecule has 1 N–H and O–H groups in total. The number of hydrogen-bond donors (Lipinski definition) is 1. The molecule has 0 aliphatic rings. The molecule has 0 amide bonds. The average molecular weight is 316 g/mol. The van der Waals surface area contributed by atoms with E-state index in [-0.39, 0.29) is 5.56 Å². The van der Waals surface area contributed by atoms with E-state index in [4.69, 9.17) is 0 Å². The summed E-state index contributed by atoms with van der Waals surface area (Å²) in [5.41, 5.74) is 1.97. The van der Waals surface area contributed by atoms with Crippen molar-refractivity contribution in [2.45, 2.75) is 19.0 Å². The number of thiophene rings is 1. The molecule has 2 heterocycles. The highest BCUT2D eigenvalue weighted by Gasteiger charge is 2.13. The molecule has 0 saturated carbocycles. The Hall–Kier alpha value is -1.59. The van der Waals surface area contributed by atoms with Gasteiger partial charge in [-0.15, -0.1) is 11.3 Å². The zero-order valence-corrected chi connectivity index (χ0v) is 13.6. The maximum atomic E-state index is 12.4. The Morgan fingerprint density at radius 3 is 2.76 bits per heavy atom. The summed E-state index contributed by atoms with van der Waals surface area (Å²) in [4.78, 5) is 20.7. The van der Waals surface area contributed by atoms with Crippen molar-refractivity contribution in [1.29, 1.82) is 0 Å². The van der Waals surface area contributed by atoms with Crippen LogP contribution in [-0.2, 0) is 0 Å². The summed E-state index contributed by atoms with van der Waals surface area (Å²) < 4.78 is 0. The minimum absolute atomic E-state index is 0.0497. The highest BCUT2D eigenvalue weighted by Crippen LogP contribution is 2.31. The molecule has 3 nitrogen and oxygen atoms in total. The Kier molecular flexibility index (Phi) is 4.12. The molecule has 0 radical (unpaired) electrons. The van der Waals surface area contributed by atoms with E-state index in [1.54, 1.807) is 11.8 Å². The van der Waals surface area contributed by atoms with Gasteiger partial charge in [-0.25, -0.2) is 4.98 Å². The molecule has 0 aliphatic heterocycles. The number of hydrogen-bond acceptors (Lipinski definition) is 4. The second-order valence-electron chi connectivity index (χ2n) is 5.27. The van der Waals surface area contributed by atoms with Crippen LogP contribution in [0.15, 0.2) is 45.7 Å². The molecule has 0 unspecified atom stereocenters. The fourth-order valence-corrected chi connectivity index (χ4v) is 3.89. The molecule has 0 saturated heterocycles. The number of H-pyrrole nitrogens is 1. The van der Waals surface area contributed by atoms with E-state index in [0.717, 1.165) is 21.7 Å². The van der Waals surface area contributed by atoms with E-state index in [0.29, 0.717) is 16.5 Å². The minimum Gasteiger partial charge on any atom is -0.301 e. The van der Waals surface area contributed by atoms with Gasteiger partial charge >= 0.3 is 0 Å². The Balaban J connectivity index is 2.06. The lowest BCUT2D eigenvalue weighted by molar-refractivity contribution is 0.748. The van der Waals surface area contributed by atoms with Crippen LogP contribution in [0.1, 0.15) is 13.8 Å². The van der Waals surface area contributed by atoms with Gasteiger partial charge in [-0.2, -0.15) is 0 Å². The average Bonchev–Trinajstić information content (AvgIpc) is 2.90. The van der Waals surface area contributed by atoms with Crippen LogP contribution in [0, 0.1) is 5.92 Å². The Morgan fingerprint density at radius 1 is 1.29 bits per heavy atom. The number of aromatic amines is 1. The summed E-state index contributed by atoms with van der Waals surface area (Å²) in [6, 6.07) is 9.96. The molecular formula is C16H16N2OS2. The Labute approximate surface area is 131 Å². The summed E-state index contributed by atoms with van der Waals surface area (Å²) in [5, 5.41) is 3.42. The standard InChI is InChI=1S/C16H16N2OS2/c1-10(2)8-21-16-17-14(19)13-12(9-20-15(13)18-16)11-6-4-3-5-7-11/h3-7,9-10H,8H2,1-2H3,(H,17,18,19). The van der Waals surface area contributed by atoms with Crippen LogP contribution in [0.5, 0.6) is 0 Å². The lowest BCUT2D eigenvalue weighted by Gasteiger charge is -2.04. The largest absolute Gasteiger partial charge is 0.301 e. The minimum atomic E-state index is -0.0497. The smallest absolute Gasteiger partial charge is 0.260 e. The number of nitrogens with zero attached hydrogens (tertiary/aromatic N) is 1. The third kappa shape index (κ3) is 3.04. The molecule has 3 aromatic rings. The lowest BCUT2D eigenvalue weighted by Crippen LogP contribution is -2.09. The van der Waals surface area contributed by atoms with Gasteiger partial charge in [-0.05, 0) is 11.5 Å². The molecule has 1 aromatic carbocycles. The Bertz CT molecular complexity index is 806. The van der Waals surface area contributed by atoms with E-state index >= 15 is 0 Å². The van der Waals surface area contributed by atoms with Gasteiger partial charge in [0.05, 0.1) is 5.39 Å². The fourth-order valence-electron chi connectivity index (χ4n) is 2.07. The maximum absolute atomic E-state index is 12.4. The second kappa shape index (κ2) is 6.03. The molecule has 0 fully saturated rings. The molecule has 0 spiro atoms. The molecular weight excluding hydrogens is 300 g/mol. The van der Waals surface area contributed by atoms with Gasteiger partial charge < -0.3 is 4.98 Å². The first-order valence-corrected chi connectivity index (χ1v) is 8.71. The first kappa shape index (κ1) is 14.4. The summed E-state index contributed by atoms with van der Waals surface area (Å²) in [5.74, 6) is 1.52. The van der Waals surface area contributed by atoms with Crippen LogP contribution in [0.4, 0.5) is 0 Å². The van der Waals surface area contributed by atoms with Gasteiger partial charge in [-0.1, -0.05) is 55.9 Å². The van der Waals surface area contributed by atoms with Crippen molar-refractivity contribution in [3.63, 3.8) is 0 Å².